The minimum atomic E-state index is 0.145. The van der Waals surface area contributed by atoms with E-state index in [0.717, 1.165) is 8.39 Å². The largest absolute Gasteiger partial charge is 0.158 e. The van der Waals surface area contributed by atoms with Gasteiger partial charge >= 0.3 is 0 Å². The third kappa shape index (κ3) is 2.64. The molecular formula is C6H4S8. The lowest BCUT2D eigenvalue weighted by Crippen LogP contribution is -1.92. The number of thiol groups is 2. The third-order valence-corrected chi connectivity index (χ3v) is 9.81. The first-order valence-corrected chi connectivity index (χ1v) is 8.69. The molecule has 2 heterocycles. The van der Waals surface area contributed by atoms with E-state index in [9.17, 15) is 0 Å². The fraction of sp³-hybridized carbons (Fsp3) is 0.333. The van der Waals surface area contributed by atoms with Crippen molar-refractivity contribution >= 4 is 105 Å². The van der Waals surface area contributed by atoms with Crippen LogP contribution in [0.25, 0.3) is 0 Å². The molecule has 0 saturated carbocycles. The molecule has 0 aliphatic carbocycles. The lowest BCUT2D eigenvalue weighted by molar-refractivity contribution is 1.98. The normalized spacial score (nSPS) is 38.4. The molecule has 0 spiro atoms. The second-order valence-corrected chi connectivity index (χ2v) is 10.3. The van der Waals surface area contributed by atoms with Gasteiger partial charge in [0.05, 0.1) is 26.0 Å². The van der Waals surface area contributed by atoms with Crippen molar-refractivity contribution in [2.75, 3.05) is 0 Å². The molecule has 2 unspecified atom stereocenters. The Morgan fingerprint density at radius 2 is 1.21 bits per heavy atom. The first-order chi connectivity index (χ1) is 6.58. The molecule has 14 heavy (non-hydrogen) atoms. The first kappa shape index (κ1) is 12.5. The van der Waals surface area contributed by atoms with Crippen LogP contribution in [0.1, 0.15) is 0 Å². The van der Waals surface area contributed by atoms with Gasteiger partial charge in [0.25, 0.3) is 0 Å². The molecule has 0 aromatic rings. The number of thiocarbonyl (C=S) groups is 2. The van der Waals surface area contributed by atoms with Crippen molar-refractivity contribution in [1.82, 2.24) is 0 Å². The van der Waals surface area contributed by atoms with Crippen LogP contribution in [0.2, 0.25) is 0 Å². The monoisotopic (exact) mass is 332 g/mol. The average molecular weight is 333 g/mol. The lowest BCUT2D eigenvalue weighted by atomic mass is 10.9. The van der Waals surface area contributed by atoms with Crippen molar-refractivity contribution in [2.24, 2.45) is 0 Å². The topological polar surface area (TPSA) is 0 Å². The molecule has 76 valence electrons. The number of rotatable bonds is 0. The van der Waals surface area contributed by atoms with Crippen LogP contribution in [-0.2, 0) is 0 Å². The first-order valence-electron chi connectivity index (χ1n) is 3.45. The summed E-state index contributed by atoms with van der Waals surface area (Å²) < 4.78 is 4.65. The zero-order valence-corrected chi connectivity index (χ0v) is 13.2. The van der Waals surface area contributed by atoms with Crippen LogP contribution in [0.3, 0.4) is 0 Å². The summed E-state index contributed by atoms with van der Waals surface area (Å²) in [5.41, 5.74) is 0. The highest BCUT2D eigenvalue weighted by Gasteiger charge is 2.32. The van der Waals surface area contributed by atoms with Gasteiger partial charge in [0, 0.05) is 0 Å². The maximum atomic E-state index is 5.17. The Hall–Kier alpha value is 2.02. The zero-order valence-electron chi connectivity index (χ0n) is 6.50. The lowest BCUT2D eigenvalue weighted by Gasteiger charge is -1.98. The molecule has 2 saturated heterocycles. The molecule has 0 aromatic carbocycles. The second-order valence-electron chi connectivity index (χ2n) is 2.36. The van der Waals surface area contributed by atoms with E-state index in [1.54, 1.807) is 47.0 Å². The van der Waals surface area contributed by atoms with Crippen LogP contribution >= 0.6 is 96.7 Å². The Bertz CT molecular complexity index is 299. The molecule has 2 fully saturated rings. The van der Waals surface area contributed by atoms with Crippen molar-refractivity contribution in [1.29, 1.82) is 0 Å². The molecular weight excluding hydrogens is 329 g/mol. The van der Waals surface area contributed by atoms with Gasteiger partial charge in [-0.2, -0.15) is 25.3 Å². The third-order valence-electron chi connectivity index (χ3n) is 1.39. The summed E-state index contributed by atoms with van der Waals surface area (Å²) in [4.78, 5) is 0. The molecule has 2 aliphatic heterocycles. The summed E-state index contributed by atoms with van der Waals surface area (Å²) in [5, 5.41) is 0. The van der Waals surface area contributed by atoms with Crippen molar-refractivity contribution in [3.8, 4) is 0 Å². The summed E-state index contributed by atoms with van der Waals surface area (Å²) in [7, 11) is 0. The van der Waals surface area contributed by atoms with Crippen LogP contribution in [0.15, 0.2) is 8.47 Å². The molecule has 0 nitrogen and oxygen atoms in total. The van der Waals surface area contributed by atoms with Crippen molar-refractivity contribution in [3.05, 3.63) is 8.47 Å². The van der Waals surface area contributed by atoms with E-state index in [0.29, 0.717) is 0 Å². The Labute approximate surface area is 121 Å². The van der Waals surface area contributed by atoms with Crippen LogP contribution in [0, 0.1) is 0 Å². The van der Waals surface area contributed by atoms with E-state index < -0.39 is 0 Å². The van der Waals surface area contributed by atoms with E-state index in [1.165, 1.54) is 8.47 Å². The van der Waals surface area contributed by atoms with E-state index in [4.69, 9.17) is 24.4 Å². The van der Waals surface area contributed by atoms with Gasteiger partial charge in [0.2, 0.25) is 0 Å². The smallest absolute Gasteiger partial charge is 0.0939 e. The van der Waals surface area contributed by atoms with E-state index in [1.807, 2.05) is 0 Å². The SMILES string of the molecule is S=C1SC(=C2SC(=S)C(S)S2)SC1S. The summed E-state index contributed by atoms with van der Waals surface area (Å²) in [6, 6.07) is 0. The highest BCUT2D eigenvalue weighted by atomic mass is 32.2. The summed E-state index contributed by atoms with van der Waals surface area (Å²) >= 11 is 25.8. The van der Waals surface area contributed by atoms with E-state index in [2.05, 4.69) is 25.3 Å². The predicted molar refractivity (Wildman–Crippen MR) is 88.1 cm³/mol. The van der Waals surface area contributed by atoms with Gasteiger partial charge in [-0.1, -0.05) is 71.5 Å². The Balaban J connectivity index is 2.19. The highest BCUT2D eigenvalue weighted by Crippen LogP contribution is 2.56. The van der Waals surface area contributed by atoms with E-state index >= 15 is 0 Å². The van der Waals surface area contributed by atoms with Crippen LogP contribution < -0.4 is 0 Å². The molecule has 0 bridgehead atoms. The predicted octanol–water partition coefficient (Wildman–Crippen LogP) is 4.24. The minimum Gasteiger partial charge on any atom is -0.158 e. The van der Waals surface area contributed by atoms with Crippen LogP contribution in [0.4, 0.5) is 0 Å². The number of hydrogen-bond acceptors (Lipinski definition) is 8. The molecule has 0 aromatic heterocycles. The maximum absolute atomic E-state index is 5.17. The molecule has 2 atom stereocenters. The molecule has 0 radical (unpaired) electrons. The van der Waals surface area contributed by atoms with Crippen molar-refractivity contribution in [2.45, 2.75) is 9.16 Å². The Morgan fingerprint density at radius 3 is 1.43 bits per heavy atom. The number of thioether (sulfide) groups is 4. The van der Waals surface area contributed by atoms with Gasteiger partial charge in [0.15, 0.2) is 0 Å². The molecule has 0 amide bonds. The van der Waals surface area contributed by atoms with Gasteiger partial charge < -0.3 is 0 Å². The highest BCUT2D eigenvalue weighted by molar-refractivity contribution is 8.47. The Kier molecular flexibility index (Phi) is 4.56. The summed E-state index contributed by atoms with van der Waals surface area (Å²) in [6.07, 6.45) is 0. The average Bonchev–Trinajstić information content (AvgIpc) is 2.60. The Morgan fingerprint density at radius 1 is 0.857 bits per heavy atom. The molecule has 2 aliphatic rings. The zero-order chi connectivity index (χ0) is 10.3. The quantitative estimate of drug-likeness (QED) is 0.499. The number of hydrogen-bond donors (Lipinski definition) is 2. The van der Waals surface area contributed by atoms with Gasteiger partial charge in [-0.3, -0.25) is 0 Å². The minimum absolute atomic E-state index is 0.145. The van der Waals surface area contributed by atoms with Gasteiger partial charge in [-0.05, 0) is 0 Å². The van der Waals surface area contributed by atoms with Gasteiger partial charge in [-0.25, -0.2) is 0 Å². The summed E-state index contributed by atoms with van der Waals surface area (Å²) in [6.45, 7) is 0. The van der Waals surface area contributed by atoms with Crippen molar-refractivity contribution in [3.63, 3.8) is 0 Å². The van der Waals surface area contributed by atoms with Crippen LogP contribution in [0.5, 0.6) is 0 Å². The van der Waals surface area contributed by atoms with Gasteiger partial charge in [-0.15, -0.1) is 0 Å². The van der Waals surface area contributed by atoms with Crippen LogP contribution in [-0.4, -0.2) is 17.6 Å². The fourth-order valence-corrected chi connectivity index (χ4v) is 7.97. The fourth-order valence-electron chi connectivity index (χ4n) is 0.810. The molecule has 0 N–H and O–H groups in total. The maximum Gasteiger partial charge on any atom is 0.0939 e. The standard InChI is InChI=1S/C6H4S8/c7-1-2(8)12-5(11-1)6-13-3(9)4(10)14-6/h1,3,7,9H. The summed E-state index contributed by atoms with van der Waals surface area (Å²) in [5.74, 6) is 0. The van der Waals surface area contributed by atoms with Crippen molar-refractivity contribution < 1.29 is 0 Å². The molecule has 8 heteroatoms. The second kappa shape index (κ2) is 5.12. The van der Waals surface area contributed by atoms with Gasteiger partial charge in [0.1, 0.15) is 0 Å². The molecule has 2 rings (SSSR count). The van der Waals surface area contributed by atoms with E-state index in [-0.39, 0.29) is 9.16 Å².